The van der Waals surface area contributed by atoms with Crippen molar-refractivity contribution in [2.24, 2.45) is 12.5 Å². The van der Waals surface area contributed by atoms with Gasteiger partial charge in [0.15, 0.2) is 11.4 Å². The SMILES string of the molecule is CCCOc1c2c(n3c1C(=O)N(c1nccc(-c4cc(Nc5ccc(N6CCN(C7COC7)C[C@@H]6C)cn5)c(=O)n(C)c4)c1CO)CC3)CC(C)(C)C2. The Labute approximate surface area is 310 Å². The van der Waals surface area contributed by atoms with Crippen LogP contribution in [0.5, 0.6) is 5.75 Å². The van der Waals surface area contributed by atoms with E-state index in [1.54, 1.807) is 30.4 Å². The quantitative estimate of drug-likeness (QED) is 0.244. The molecule has 13 nitrogen and oxygen atoms in total. The van der Waals surface area contributed by atoms with Crippen molar-refractivity contribution in [3.8, 4) is 16.9 Å². The topological polar surface area (TPSA) is 130 Å². The zero-order valence-electron chi connectivity index (χ0n) is 31.4. The van der Waals surface area contributed by atoms with E-state index >= 15 is 0 Å². The average Bonchev–Trinajstić information content (AvgIpc) is 3.59. The van der Waals surface area contributed by atoms with Crippen LogP contribution in [0.1, 0.15) is 61.4 Å². The third-order valence-electron chi connectivity index (χ3n) is 11.3. The van der Waals surface area contributed by atoms with E-state index in [1.165, 1.54) is 10.3 Å². The summed E-state index contributed by atoms with van der Waals surface area (Å²) in [7, 11) is 1.70. The number of hydrogen-bond donors (Lipinski definition) is 2. The van der Waals surface area contributed by atoms with Crippen molar-refractivity contribution in [1.82, 2.24) is 24.0 Å². The summed E-state index contributed by atoms with van der Waals surface area (Å²) in [5.74, 6) is 1.46. The van der Waals surface area contributed by atoms with Crippen molar-refractivity contribution in [3.05, 3.63) is 75.7 Å². The number of nitrogens with one attached hydrogen (secondary N) is 1. The summed E-state index contributed by atoms with van der Waals surface area (Å²) in [6.45, 7) is 14.6. The lowest BCUT2D eigenvalue weighted by molar-refractivity contribution is -0.0691. The number of carbonyl (C=O) groups is 1. The highest BCUT2D eigenvalue weighted by Crippen LogP contribution is 2.46. The number of rotatable bonds is 10. The van der Waals surface area contributed by atoms with Crippen LogP contribution in [-0.4, -0.2) is 93.1 Å². The van der Waals surface area contributed by atoms with Crippen LogP contribution < -0.4 is 25.4 Å². The fraction of sp³-hybridized carbons (Fsp3) is 0.500. The first-order valence-corrected chi connectivity index (χ1v) is 18.9. The van der Waals surface area contributed by atoms with Crippen LogP contribution in [0.3, 0.4) is 0 Å². The number of aryl methyl sites for hydroxylation is 1. The van der Waals surface area contributed by atoms with Gasteiger partial charge < -0.3 is 33.9 Å². The van der Waals surface area contributed by atoms with Gasteiger partial charge in [-0.3, -0.25) is 19.4 Å². The molecule has 13 heteroatoms. The van der Waals surface area contributed by atoms with Gasteiger partial charge in [0.25, 0.3) is 11.5 Å². The maximum Gasteiger partial charge on any atom is 0.280 e. The van der Waals surface area contributed by atoms with Gasteiger partial charge in [0, 0.05) is 80.6 Å². The molecule has 53 heavy (non-hydrogen) atoms. The molecule has 4 aromatic heterocycles. The lowest BCUT2D eigenvalue weighted by Crippen LogP contribution is -2.59. The van der Waals surface area contributed by atoms with Gasteiger partial charge in [-0.25, -0.2) is 9.97 Å². The molecule has 0 aromatic carbocycles. The predicted molar refractivity (Wildman–Crippen MR) is 204 cm³/mol. The number of amides is 1. The molecule has 0 bridgehead atoms. The van der Waals surface area contributed by atoms with Crippen molar-refractivity contribution in [2.75, 3.05) is 61.1 Å². The zero-order chi connectivity index (χ0) is 37.0. The Balaban J connectivity index is 1.06. The molecule has 8 rings (SSSR count). The largest absolute Gasteiger partial charge is 0.491 e. The first kappa shape index (κ1) is 35.3. The Morgan fingerprint density at radius 3 is 2.60 bits per heavy atom. The molecule has 1 aliphatic carbocycles. The fourth-order valence-electron chi connectivity index (χ4n) is 8.52. The fourth-order valence-corrected chi connectivity index (χ4v) is 8.52. The Bertz CT molecular complexity index is 2090. The summed E-state index contributed by atoms with van der Waals surface area (Å²) >= 11 is 0. The predicted octanol–water partition coefficient (Wildman–Crippen LogP) is 4.36. The van der Waals surface area contributed by atoms with Crippen molar-refractivity contribution in [2.45, 2.75) is 72.2 Å². The van der Waals surface area contributed by atoms with E-state index in [9.17, 15) is 14.7 Å². The normalized spacial score (nSPS) is 20.0. The summed E-state index contributed by atoms with van der Waals surface area (Å²) in [5.41, 5.74) is 6.07. The highest BCUT2D eigenvalue weighted by molar-refractivity contribution is 6.08. The third kappa shape index (κ3) is 6.38. The van der Waals surface area contributed by atoms with Crippen molar-refractivity contribution < 1.29 is 19.4 Å². The Morgan fingerprint density at radius 1 is 1.08 bits per heavy atom. The molecule has 2 N–H and O–H groups in total. The van der Waals surface area contributed by atoms with E-state index in [4.69, 9.17) is 9.47 Å². The van der Waals surface area contributed by atoms with E-state index in [2.05, 4.69) is 57.3 Å². The number of piperazine rings is 1. The second-order valence-corrected chi connectivity index (χ2v) is 15.7. The number of nitrogens with zero attached hydrogens (tertiary/aromatic N) is 7. The van der Waals surface area contributed by atoms with Crippen LogP contribution in [0.4, 0.5) is 23.0 Å². The molecular formula is C40H50N8O5. The van der Waals surface area contributed by atoms with E-state index < -0.39 is 0 Å². The van der Waals surface area contributed by atoms with Crippen LogP contribution in [0.2, 0.25) is 0 Å². The number of fused-ring (bicyclic) bond motifs is 3. The molecular weight excluding hydrogens is 672 g/mol. The number of pyridine rings is 3. The van der Waals surface area contributed by atoms with E-state index in [-0.39, 0.29) is 23.5 Å². The average molecular weight is 723 g/mol. The second-order valence-electron chi connectivity index (χ2n) is 15.7. The van der Waals surface area contributed by atoms with E-state index in [1.807, 2.05) is 24.4 Å². The van der Waals surface area contributed by atoms with Gasteiger partial charge in [-0.05, 0) is 61.4 Å². The van der Waals surface area contributed by atoms with Crippen molar-refractivity contribution in [1.29, 1.82) is 0 Å². The van der Waals surface area contributed by atoms with Crippen LogP contribution in [0.15, 0.2) is 47.7 Å². The van der Waals surface area contributed by atoms with E-state index in [0.29, 0.717) is 77.2 Å². The minimum absolute atomic E-state index is 0.111. The van der Waals surface area contributed by atoms with Gasteiger partial charge >= 0.3 is 0 Å². The summed E-state index contributed by atoms with van der Waals surface area (Å²) < 4.78 is 15.4. The molecule has 280 valence electrons. The van der Waals surface area contributed by atoms with Crippen LogP contribution in [-0.2, 0) is 37.8 Å². The monoisotopic (exact) mass is 722 g/mol. The lowest BCUT2D eigenvalue weighted by Gasteiger charge is -2.46. The Kier molecular flexibility index (Phi) is 9.28. The molecule has 0 radical (unpaired) electrons. The maximum atomic E-state index is 14.4. The number of aliphatic hydroxyl groups is 1. The molecule has 1 atom stereocenters. The number of ether oxygens (including phenoxy) is 2. The van der Waals surface area contributed by atoms with Gasteiger partial charge in [-0.2, -0.15) is 0 Å². The molecule has 4 aromatic rings. The van der Waals surface area contributed by atoms with Gasteiger partial charge in [0.2, 0.25) is 0 Å². The summed E-state index contributed by atoms with van der Waals surface area (Å²) in [5, 5.41) is 14.1. The maximum absolute atomic E-state index is 14.4. The molecule has 2 fully saturated rings. The first-order valence-electron chi connectivity index (χ1n) is 18.9. The molecule has 0 saturated carbocycles. The standard InChI is InChI=1S/C40H50N8O5/c1-6-15-53-36-30-17-40(3,4)18-33(30)47-13-14-48(39(51)35(36)47)37-31(22-49)29(9-10-41-37)26-16-32(38(50)44(5)21-26)43-34-8-7-27(19-42-34)46-12-11-45(20-25(46)2)28-23-52-24-28/h7-10,16,19,21,25,28,49H,6,11-15,17-18,20,22-24H2,1-5H3,(H,42,43)/t25-/m0/s1. The number of aromatic nitrogens is 4. The molecule has 0 spiro atoms. The molecule has 7 heterocycles. The second kappa shape index (κ2) is 13.9. The molecule has 0 unspecified atom stereocenters. The Morgan fingerprint density at radius 2 is 1.91 bits per heavy atom. The van der Waals surface area contributed by atoms with Crippen molar-refractivity contribution in [3.63, 3.8) is 0 Å². The smallest absolute Gasteiger partial charge is 0.280 e. The number of aliphatic hydroxyl groups excluding tert-OH is 1. The van der Waals surface area contributed by atoms with Crippen LogP contribution >= 0.6 is 0 Å². The lowest BCUT2D eigenvalue weighted by atomic mass is 9.90. The molecule has 1 amide bonds. The van der Waals surface area contributed by atoms with Gasteiger partial charge in [-0.1, -0.05) is 20.8 Å². The molecule has 3 aliphatic heterocycles. The van der Waals surface area contributed by atoms with Crippen LogP contribution in [0.25, 0.3) is 11.1 Å². The zero-order valence-corrected chi connectivity index (χ0v) is 31.4. The highest BCUT2D eigenvalue weighted by Gasteiger charge is 2.42. The van der Waals surface area contributed by atoms with Crippen molar-refractivity contribution >= 4 is 28.9 Å². The summed E-state index contributed by atoms with van der Waals surface area (Å²) in [6.07, 6.45) is 7.84. The first-order chi connectivity index (χ1) is 25.6. The third-order valence-corrected chi connectivity index (χ3v) is 11.3. The van der Waals surface area contributed by atoms with Gasteiger partial charge in [0.1, 0.15) is 17.3 Å². The molecule has 4 aliphatic rings. The number of hydrogen-bond acceptors (Lipinski definition) is 10. The molecule has 2 saturated heterocycles. The summed E-state index contributed by atoms with van der Waals surface area (Å²) in [4.78, 5) is 43.6. The number of anilines is 4. The van der Waals surface area contributed by atoms with Gasteiger partial charge in [-0.15, -0.1) is 0 Å². The minimum Gasteiger partial charge on any atom is -0.491 e. The highest BCUT2D eigenvalue weighted by atomic mass is 16.5. The summed E-state index contributed by atoms with van der Waals surface area (Å²) in [6, 6.07) is 8.40. The minimum atomic E-state index is -0.344. The Hall–Kier alpha value is -4.72. The van der Waals surface area contributed by atoms with Crippen LogP contribution in [0, 0.1) is 5.41 Å². The number of carbonyl (C=O) groups excluding carboxylic acids is 1. The van der Waals surface area contributed by atoms with E-state index in [0.717, 1.165) is 63.4 Å². The van der Waals surface area contributed by atoms with Gasteiger partial charge in [0.05, 0.1) is 44.4 Å².